The van der Waals surface area contributed by atoms with E-state index < -0.39 is 5.97 Å². The number of thioether (sulfide) groups is 1. The van der Waals surface area contributed by atoms with Gasteiger partial charge in [-0.1, -0.05) is 47.2 Å². The molecule has 3 rings (SSSR count). The van der Waals surface area contributed by atoms with E-state index >= 15 is 0 Å². The van der Waals surface area contributed by atoms with Gasteiger partial charge in [0.15, 0.2) is 0 Å². The molecule has 1 aromatic carbocycles. The number of carbonyl (C=O) groups is 2. The van der Waals surface area contributed by atoms with Gasteiger partial charge in [0.05, 0.1) is 15.0 Å². The van der Waals surface area contributed by atoms with Crippen LogP contribution in [0.4, 0.5) is 0 Å². The van der Waals surface area contributed by atoms with Crippen LogP contribution >= 0.6 is 47.2 Å². The number of nitrogens with zero attached hydrogens (tertiary/aromatic N) is 1. The van der Waals surface area contributed by atoms with Crippen molar-refractivity contribution in [2.45, 2.75) is 12.8 Å². The van der Waals surface area contributed by atoms with E-state index in [9.17, 15) is 9.59 Å². The van der Waals surface area contributed by atoms with Gasteiger partial charge in [-0.15, -0.1) is 0 Å². The molecule has 2 heterocycles. The summed E-state index contributed by atoms with van der Waals surface area (Å²) in [7, 11) is 0. The molecule has 0 spiro atoms. The fourth-order valence-corrected chi connectivity index (χ4v) is 4.03. The predicted molar refractivity (Wildman–Crippen MR) is 111 cm³/mol. The Labute approximate surface area is 174 Å². The molecule has 5 nitrogen and oxygen atoms in total. The molecule has 1 aliphatic heterocycles. The molecule has 27 heavy (non-hydrogen) atoms. The number of hydrogen-bond donors (Lipinski definition) is 1. The summed E-state index contributed by atoms with van der Waals surface area (Å²) in [5.41, 5.74) is 0.769. The number of halogens is 2. The molecule has 1 fully saturated rings. The molecule has 1 N–H and O–H groups in total. The number of benzene rings is 1. The molecule has 0 bridgehead atoms. The summed E-state index contributed by atoms with van der Waals surface area (Å²) in [6, 6.07) is 8.70. The second-order valence-corrected chi connectivity index (χ2v) is 8.15. The second-order valence-electron chi connectivity index (χ2n) is 5.66. The minimum absolute atomic E-state index is 0.0126. The smallest absolute Gasteiger partial charge is 0.303 e. The van der Waals surface area contributed by atoms with Crippen molar-refractivity contribution in [3.63, 3.8) is 0 Å². The van der Waals surface area contributed by atoms with Crippen LogP contribution in [0.15, 0.2) is 39.7 Å². The number of amides is 1. The maximum atomic E-state index is 12.5. The van der Waals surface area contributed by atoms with E-state index in [-0.39, 0.29) is 18.9 Å². The van der Waals surface area contributed by atoms with Crippen LogP contribution in [0.5, 0.6) is 0 Å². The number of carboxylic acid groups (broad SMARTS) is 1. The number of furan rings is 1. The van der Waals surface area contributed by atoms with Crippen LogP contribution in [0.25, 0.3) is 17.4 Å². The van der Waals surface area contributed by atoms with Gasteiger partial charge < -0.3 is 9.52 Å². The van der Waals surface area contributed by atoms with Crippen LogP contribution in [0.1, 0.15) is 18.6 Å². The van der Waals surface area contributed by atoms with E-state index in [1.807, 2.05) is 0 Å². The molecule has 1 aliphatic rings. The Morgan fingerprint density at radius 3 is 2.74 bits per heavy atom. The highest BCUT2D eigenvalue weighted by Gasteiger charge is 2.31. The molecule has 140 valence electrons. The fraction of sp³-hybridized carbons (Fsp3) is 0.167. The van der Waals surface area contributed by atoms with Gasteiger partial charge in [-0.25, -0.2) is 0 Å². The Kier molecular flexibility index (Phi) is 6.26. The maximum absolute atomic E-state index is 12.5. The topological polar surface area (TPSA) is 70.8 Å². The summed E-state index contributed by atoms with van der Waals surface area (Å²) in [5.74, 6) is -0.0526. The minimum Gasteiger partial charge on any atom is -0.481 e. The van der Waals surface area contributed by atoms with Crippen molar-refractivity contribution in [1.82, 2.24) is 4.90 Å². The Morgan fingerprint density at radius 1 is 1.26 bits per heavy atom. The van der Waals surface area contributed by atoms with Crippen molar-refractivity contribution in [2.75, 3.05) is 6.54 Å². The van der Waals surface area contributed by atoms with Crippen molar-refractivity contribution in [3.8, 4) is 11.3 Å². The zero-order valence-corrected chi connectivity index (χ0v) is 16.9. The van der Waals surface area contributed by atoms with Gasteiger partial charge in [-0.3, -0.25) is 14.5 Å². The average molecular weight is 442 g/mol. The summed E-state index contributed by atoms with van der Waals surface area (Å²) in [6.45, 7) is 0.279. The number of carbonyl (C=O) groups excluding carboxylic acids is 1. The number of thiocarbonyl (C=S) groups is 1. The predicted octanol–water partition coefficient (Wildman–Crippen LogP) is 5.32. The molecule has 0 atom stereocenters. The Morgan fingerprint density at radius 2 is 2.04 bits per heavy atom. The molecule has 1 aromatic heterocycles. The highest BCUT2D eigenvalue weighted by atomic mass is 35.5. The summed E-state index contributed by atoms with van der Waals surface area (Å²) in [4.78, 5) is 25.0. The van der Waals surface area contributed by atoms with E-state index in [0.29, 0.717) is 37.2 Å². The molecule has 1 saturated heterocycles. The van der Waals surface area contributed by atoms with Crippen LogP contribution in [-0.4, -0.2) is 32.7 Å². The summed E-state index contributed by atoms with van der Waals surface area (Å²) in [6.07, 6.45) is 1.95. The van der Waals surface area contributed by atoms with Crippen LogP contribution in [0, 0.1) is 0 Å². The first-order valence-corrected chi connectivity index (χ1v) is 9.85. The van der Waals surface area contributed by atoms with Crippen LogP contribution in [0.2, 0.25) is 10.0 Å². The second kappa shape index (κ2) is 8.48. The Balaban J connectivity index is 1.74. The number of rotatable bonds is 6. The van der Waals surface area contributed by atoms with Gasteiger partial charge in [0, 0.05) is 24.6 Å². The van der Waals surface area contributed by atoms with E-state index in [1.165, 1.54) is 16.7 Å². The Hall–Kier alpha value is -1.80. The van der Waals surface area contributed by atoms with Crippen molar-refractivity contribution < 1.29 is 19.1 Å². The van der Waals surface area contributed by atoms with Gasteiger partial charge in [0.1, 0.15) is 15.8 Å². The average Bonchev–Trinajstić information content (AvgIpc) is 3.17. The largest absolute Gasteiger partial charge is 0.481 e. The lowest BCUT2D eigenvalue weighted by atomic mass is 10.2. The summed E-state index contributed by atoms with van der Waals surface area (Å²) >= 11 is 18.3. The number of aliphatic carboxylic acids is 1. The molecule has 0 radical (unpaired) electrons. The fourth-order valence-electron chi connectivity index (χ4n) is 2.45. The first-order chi connectivity index (χ1) is 12.8. The zero-order valence-electron chi connectivity index (χ0n) is 13.8. The van der Waals surface area contributed by atoms with Crippen molar-refractivity contribution in [3.05, 3.63) is 51.0 Å². The van der Waals surface area contributed by atoms with E-state index in [1.54, 1.807) is 36.4 Å². The van der Waals surface area contributed by atoms with E-state index in [0.717, 1.165) is 5.56 Å². The van der Waals surface area contributed by atoms with Crippen LogP contribution in [-0.2, 0) is 9.59 Å². The lowest BCUT2D eigenvalue weighted by molar-refractivity contribution is -0.137. The standard InChI is InChI=1S/C18H13Cl2NO4S2/c19-12-5-3-10(8-13(12)20)14-6-4-11(25-14)9-15-17(24)21(18(26)27-15)7-1-2-16(22)23/h3-6,8-9H,1-2,7H2,(H,22,23). The van der Waals surface area contributed by atoms with E-state index in [4.69, 9.17) is 44.9 Å². The highest BCUT2D eigenvalue weighted by molar-refractivity contribution is 8.26. The van der Waals surface area contributed by atoms with Crippen molar-refractivity contribution >= 4 is 69.5 Å². The van der Waals surface area contributed by atoms with Gasteiger partial charge in [-0.05, 0) is 36.8 Å². The Bertz CT molecular complexity index is 955. The minimum atomic E-state index is -0.901. The van der Waals surface area contributed by atoms with E-state index in [2.05, 4.69) is 0 Å². The van der Waals surface area contributed by atoms with Crippen LogP contribution in [0.3, 0.4) is 0 Å². The maximum Gasteiger partial charge on any atom is 0.303 e. The molecule has 0 unspecified atom stereocenters. The number of carboxylic acids is 1. The monoisotopic (exact) mass is 441 g/mol. The quantitative estimate of drug-likeness (QED) is 0.483. The van der Waals surface area contributed by atoms with Gasteiger partial charge >= 0.3 is 5.97 Å². The van der Waals surface area contributed by atoms with Crippen LogP contribution < -0.4 is 0 Å². The summed E-state index contributed by atoms with van der Waals surface area (Å²) in [5, 5.41) is 9.60. The summed E-state index contributed by atoms with van der Waals surface area (Å²) < 4.78 is 6.18. The van der Waals surface area contributed by atoms with Crippen molar-refractivity contribution in [2.24, 2.45) is 0 Å². The SMILES string of the molecule is O=C(O)CCCN1C(=O)C(=Cc2ccc(-c3ccc(Cl)c(Cl)c3)o2)SC1=S. The normalized spacial score (nSPS) is 15.8. The third kappa shape index (κ3) is 4.73. The molecule has 2 aromatic rings. The van der Waals surface area contributed by atoms with Gasteiger partial charge in [-0.2, -0.15) is 0 Å². The molecular formula is C18H13Cl2NO4S2. The number of hydrogen-bond acceptors (Lipinski definition) is 5. The molecule has 0 aliphatic carbocycles. The van der Waals surface area contributed by atoms with Crippen molar-refractivity contribution in [1.29, 1.82) is 0 Å². The molecular weight excluding hydrogens is 429 g/mol. The molecule has 9 heteroatoms. The highest BCUT2D eigenvalue weighted by Crippen LogP contribution is 2.34. The van der Waals surface area contributed by atoms with Gasteiger partial charge in [0.2, 0.25) is 0 Å². The third-order valence-electron chi connectivity index (χ3n) is 3.75. The molecule has 1 amide bonds. The lowest BCUT2D eigenvalue weighted by Crippen LogP contribution is -2.29. The zero-order chi connectivity index (χ0) is 19.6. The third-order valence-corrected chi connectivity index (χ3v) is 5.87. The lowest BCUT2D eigenvalue weighted by Gasteiger charge is -2.13. The van der Waals surface area contributed by atoms with Gasteiger partial charge in [0.25, 0.3) is 5.91 Å². The molecule has 0 saturated carbocycles. The first kappa shape index (κ1) is 19.9. The first-order valence-electron chi connectivity index (χ1n) is 7.87.